The first-order valence-corrected chi connectivity index (χ1v) is 10.4. The van der Waals surface area contributed by atoms with Crippen LogP contribution in [0.15, 0.2) is 47.4 Å². The van der Waals surface area contributed by atoms with E-state index in [-0.39, 0.29) is 17.4 Å². The molecule has 2 aromatic carbocycles. The normalized spacial score (nSPS) is 11.4. The largest absolute Gasteiger partial charge is 0.484 e. The minimum atomic E-state index is -3.61. The van der Waals surface area contributed by atoms with Crippen molar-refractivity contribution in [1.29, 1.82) is 0 Å². The average Bonchev–Trinajstić information content (AvgIpc) is 2.63. The molecule has 6 nitrogen and oxygen atoms in total. The molecule has 27 heavy (non-hydrogen) atoms. The van der Waals surface area contributed by atoms with Crippen molar-refractivity contribution in [2.24, 2.45) is 0 Å². The zero-order valence-electron chi connectivity index (χ0n) is 15.5. The van der Waals surface area contributed by atoms with Gasteiger partial charge in [-0.05, 0) is 48.9 Å². The number of hydrogen-bond donors (Lipinski definition) is 1. The van der Waals surface area contributed by atoms with Crippen molar-refractivity contribution in [2.45, 2.75) is 25.7 Å². The zero-order valence-corrected chi connectivity index (χ0v) is 17.1. The number of aryl methyl sites for hydroxylation is 1. The van der Waals surface area contributed by atoms with E-state index in [9.17, 15) is 13.2 Å². The highest BCUT2D eigenvalue weighted by atomic mass is 35.5. The highest BCUT2D eigenvalue weighted by molar-refractivity contribution is 7.89. The van der Waals surface area contributed by atoms with Crippen molar-refractivity contribution in [2.75, 3.05) is 25.0 Å². The Balaban J connectivity index is 2.11. The molecule has 0 aliphatic heterocycles. The molecule has 1 N–H and O–H groups in total. The highest BCUT2D eigenvalue weighted by Gasteiger charge is 2.24. The quantitative estimate of drug-likeness (QED) is 0.720. The number of hydrogen-bond acceptors (Lipinski definition) is 4. The van der Waals surface area contributed by atoms with Crippen molar-refractivity contribution in [3.63, 3.8) is 0 Å². The smallest absolute Gasteiger partial charge is 0.262 e. The van der Waals surface area contributed by atoms with Crippen molar-refractivity contribution < 1.29 is 17.9 Å². The van der Waals surface area contributed by atoms with Crippen molar-refractivity contribution >= 4 is 33.2 Å². The standard InChI is InChI=1S/C19H23ClN2O4S/c1-4-22(5-2)27(24,25)18-12-16(9-6-14(18)3)21-19(23)13-26-17-10-7-15(20)8-11-17/h6-12H,4-5,13H2,1-3H3,(H,21,23). The molecule has 0 aliphatic carbocycles. The summed E-state index contributed by atoms with van der Waals surface area (Å²) < 4.78 is 32.3. The van der Waals surface area contributed by atoms with Gasteiger partial charge in [0.1, 0.15) is 5.75 Å². The number of nitrogens with zero attached hydrogens (tertiary/aromatic N) is 1. The lowest BCUT2D eigenvalue weighted by atomic mass is 10.2. The SMILES string of the molecule is CCN(CC)S(=O)(=O)c1cc(NC(=O)COc2ccc(Cl)cc2)ccc1C. The van der Waals surface area contributed by atoms with Crippen LogP contribution in [-0.4, -0.2) is 38.3 Å². The second-order valence-corrected chi connectivity index (χ2v) is 8.20. The van der Waals surface area contributed by atoms with Crippen LogP contribution in [0.5, 0.6) is 5.75 Å². The number of amides is 1. The summed E-state index contributed by atoms with van der Waals surface area (Å²) in [5, 5.41) is 3.24. The summed E-state index contributed by atoms with van der Waals surface area (Å²) in [6.07, 6.45) is 0. The maximum atomic E-state index is 12.8. The summed E-state index contributed by atoms with van der Waals surface area (Å²) in [5.41, 5.74) is 1.02. The Hall–Kier alpha value is -2.09. The maximum Gasteiger partial charge on any atom is 0.262 e. The molecule has 8 heteroatoms. The van der Waals surface area contributed by atoms with Gasteiger partial charge in [-0.2, -0.15) is 4.31 Å². The van der Waals surface area contributed by atoms with E-state index in [0.29, 0.717) is 35.1 Å². The summed E-state index contributed by atoms with van der Waals surface area (Å²) in [6.45, 7) is 5.86. The van der Waals surface area contributed by atoms with E-state index < -0.39 is 10.0 Å². The lowest BCUT2D eigenvalue weighted by Gasteiger charge is -2.20. The zero-order chi connectivity index (χ0) is 20.0. The topological polar surface area (TPSA) is 75.7 Å². The Morgan fingerprint density at radius 3 is 2.33 bits per heavy atom. The van der Waals surface area contributed by atoms with Crippen LogP contribution in [0.3, 0.4) is 0 Å². The number of sulfonamides is 1. The molecule has 0 aliphatic rings. The molecule has 0 unspecified atom stereocenters. The van der Waals surface area contributed by atoms with Crippen LogP contribution < -0.4 is 10.1 Å². The monoisotopic (exact) mass is 410 g/mol. The molecule has 0 radical (unpaired) electrons. The molecule has 2 aromatic rings. The number of carbonyl (C=O) groups excluding carboxylic acids is 1. The molecule has 2 rings (SSSR count). The van der Waals surface area contributed by atoms with E-state index in [1.54, 1.807) is 57.2 Å². The molecule has 0 saturated carbocycles. The molecule has 0 aromatic heterocycles. The van der Waals surface area contributed by atoms with Crippen LogP contribution in [0.2, 0.25) is 5.02 Å². The highest BCUT2D eigenvalue weighted by Crippen LogP contribution is 2.23. The predicted molar refractivity (Wildman–Crippen MR) is 107 cm³/mol. The third-order valence-corrected chi connectivity index (χ3v) is 6.42. The number of benzene rings is 2. The van der Waals surface area contributed by atoms with Crippen LogP contribution in [0, 0.1) is 6.92 Å². The Morgan fingerprint density at radius 2 is 1.74 bits per heavy atom. The van der Waals surface area contributed by atoms with Crippen molar-refractivity contribution in [1.82, 2.24) is 4.31 Å². The lowest BCUT2D eigenvalue weighted by Crippen LogP contribution is -2.31. The fourth-order valence-electron chi connectivity index (χ4n) is 2.54. The molecular weight excluding hydrogens is 388 g/mol. The van der Waals surface area contributed by atoms with Gasteiger partial charge >= 0.3 is 0 Å². The minimum Gasteiger partial charge on any atom is -0.484 e. The van der Waals surface area contributed by atoms with Gasteiger partial charge in [-0.1, -0.05) is 31.5 Å². The Kier molecular flexibility index (Phi) is 7.24. The number of carbonyl (C=O) groups is 1. The second kappa shape index (κ2) is 9.21. The van der Waals surface area contributed by atoms with Crippen LogP contribution in [0.4, 0.5) is 5.69 Å². The van der Waals surface area contributed by atoms with E-state index >= 15 is 0 Å². The van der Waals surface area contributed by atoms with Gasteiger partial charge in [-0.25, -0.2) is 8.42 Å². The van der Waals surface area contributed by atoms with Gasteiger partial charge < -0.3 is 10.1 Å². The van der Waals surface area contributed by atoms with E-state index in [1.165, 1.54) is 10.4 Å². The fraction of sp³-hybridized carbons (Fsp3) is 0.316. The molecule has 0 saturated heterocycles. The molecule has 146 valence electrons. The van der Waals surface area contributed by atoms with E-state index in [4.69, 9.17) is 16.3 Å². The summed E-state index contributed by atoms with van der Waals surface area (Å²) in [6, 6.07) is 11.5. The first kappa shape index (κ1) is 21.2. The third kappa shape index (κ3) is 5.45. The molecule has 0 spiro atoms. The summed E-state index contributed by atoms with van der Waals surface area (Å²) in [4.78, 5) is 12.3. The first-order chi connectivity index (χ1) is 12.8. The number of halogens is 1. The molecule has 0 bridgehead atoms. The van der Waals surface area contributed by atoms with Gasteiger partial charge in [0.25, 0.3) is 5.91 Å². The van der Waals surface area contributed by atoms with Gasteiger partial charge in [0.05, 0.1) is 4.90 Å². The molecule has 0 heterocycles. The summed E-state index contributed by atoms with van der Waals surface area (Å²) in [7, 11) is -3.61. The predicted octanol–water partition coefficient (Wildman–Crippen LogP) is 3.70. The second-order valence-electron chi connectivity index (χ2n) is 5.86. The molecule has 0 atom stereocenters. The summed E-state index contributed by atoms with van der Waals surface area (Å²) >= 11 is 5.80. The van der Waals surface area contributed by atoms with Crippen LogP contribution in [-0.2, 0) is 14.8 Å². The van der Waals surface area contributed by atoms with Crippen LogP contribution in [0.25, 0.3) is 0 Å². The molecule has 1 amide bonds. The van der Waals surface area contributed by atoms with Crippen LogP contribution in [0.1, 0.15) is 19.4 Å². The minimum absolute atomic E-state index is 0.183. The van der Waals surface area contributed by atoms with E-state index in [1.807, 2.05) is 0 Å². The van der Waals surface area contributed by atoms with Gasteiger partial charge in [0, 0.05) is 23.8 Å². The van der Waals surface area contributed by atoms with Crippen molar-refractivity contribution in [3.8, 4) is 5.75 Å². The third-order valence-electron chi connectivity index (χ3n) is 3.98. The first-order valence-electron chi connectivity index (χ1n) is 8.57. The van der Waals surface area contributed by atoms with E-state index in [2.05, 4.69) is 5.32 Å². The average molecular weight is 411 g/mol. The van der Waals surface area contributed by atoms with Gasteiger partial charge in [0.2, 0.25) is 10.0 Å². The van der Waals surface area contributed by atoms with E-state index in [0.717, 1.165) is 0 Å². The number of rotatable bonds is 8. The lowest BCUT2D eigenvalue weighted by molar-refractivity contribution is -0.118. The molecular formula is C19H23ClN2O4S. The summed E-state index contributed by atoms with van der Waals surface area (Å²) in [5.74, 6) is 0.128. The number of nitrogens with one attached hydrogen (secondary N) is 1. The van der Waals surface area contributed by atoms with Crippen LogP contribution >= 0.6 is 11.6 Å². The van der Waals surface area contributed by atoms with Crippen molar-refractivity contribution in [3.05, 3.63) is 53.1 Å². The Morgan fingerprint density at radius 1 is 1.11 bits per heavy atom. The van der Waals surface area contributed by atoms with Gasteiger partial charge in [0.15, 0.2) is 6.61 Å². The van der Waals surface area contributed by atoms with Gasteiger partial charge in [-0.3, -0.25) is 4.79 Å². The fourth-order valence-corrected chi connectivity index (χ4v) is 4.37. The number of ether oxygens (including phenoxy) is 1. The number of anilines is 1. The Bertz CT molecular complexity index is 894. The maximum absolute atomic E-state index is 12.8. The Labute approximate surface area is 165 Å². The molecule has 0 fully saturated rings. The van der Waals surface area contributed by atoms with Gasteiger partial charge in [-0.15, -0.1) is 0 Å².